The number of carbonyl (C=O) groups is 1. The number of oxazole rings is 1. The van der Waals surface area contributed by atoms with Crippen LogP contribution in [0.1, 0.15) is 36.6 Å². The van der Waals surface area contributed by atoms with Crippen LogP contribution in [0.3, 0.4) is 0 Å². The van der Waals surface area contributed by atoms with Crippen molar-refractivity contribution in [2.75, 3.05) is 13.1 Å². The summed E-state index contributed by atoms with van der Waals surface area (Å²) in [6, 6.07) is 5.64. The molecule has 6 nitrogen and oxygen atoms in total. The van der Waals surface area contributed by atoms with Gasteiger partial charge in [-0.3, -0.25) is 0 Å². The van der Waals surface area contributed by atoms with Gasteiger partial charge in [-0.05, 0) is 42.6 Å². The van der Waals surface area contributed by atoms with Crippen molar-refractivity contribution in [1.29, 1.82) is 0 Å². The summed E-state index contributed by atoms with van der Waals surface area (Å²) in [6.45, 7) is 5.22. The van der Waals surface area contributed by atoms with Crippen molar-refractivity contribution in [1.82, 2.24) is 9.29 Å². The van der Waals surface area contributed by atoms with Crippen LogP contribution in [-0.2, 0) is 0 Å². The second kappa shape index (κ2) is 9.65. The molecule has 2 heterocycles. The first-order valence-electron chi connectivity index (χ1n) is 8.47. The molecule has 10 heteroatoms. The minimum Gasteiger partial charge on any atom is -0.476 e. The summed E-state index contributed by atoms with van der Waals surface area (Å²) in [5.41, 5.74) is 0.683. The molecule has 1 aromatic carbocycles. The van der Waals surface area contributed by atoms with E-state index in [9.17, 15) is 18.0 Å². The van der Waals surface area contributed by atoms with Gasteiger partial charge >= 0.3 is 12.3 Å². The summed E-state index contributed by atoms with van der Waals surface area (Å²) in [4.78, 5) is 15.5. The Morgan fingerprint density at radius 3 is 2.46 bits per heavy atom. The van der Waals surface area contributed by atoms with Gasteiger partial charge in [-0.25, -0.2) is 14.1 Å². The van der Waals surface area contributed by atoms with Gasteiger partial charge in [0.15, 0.2) is 5.69 Å². The van der Waals surface area contributed by atoms with E-state index < -0.39 is 12.3 Å². The largest absolute Gasteiger partial charge is 0.573 e. The molecule has 28 heavy (non-hydrogen) atoms. The van der Waals surface area contributed by atoms with Crippen LogP contribution in [0.15, 0.2) is 45.9 Å². The van der Waals surface area contributed by atoms with Crippen molar-refractivity contribution in [3.05, 3.63) is 48.2 Å². The highest BCUT2D eigenvalue weighted by Gasteiger charge is 2.31. The minimum atomic E-state index is -4.71. The van der Waals surface area contributed by atoms with E-state index in [4.69, 9.17) is 9.52 Å². The molecule has 0 unspecified atom stereocenters. The van der Waals surface area contributed by atoms with Crippen LogP contribution < -0.4 is 4.74 Å². The van der Waals surface area contributed by atoms with Crippen LogP contribution in [0, 0.1) is 0 Å². The highest BCUT2D eigenvalue weighted by atomic mass is 32.2. The lowest BCUT2D eigenvalue weighted by atomic mass is 10.1. The van der Waals surface area contributed by atoms with Gasteiger partial charge in [0.1, 0.15) is 12.0 Å². The second-order valence-corrected chi connectivity index (χ2v) is 6.49. The van der Waals surface area contributed by atoms with Crippen molar-refractivity contribution in [3.63, 3.8) is 0 Å². The average molecular weight is 416 g/mol. The van der Waals surface area contributed by atoms with Gasteiger partial charge < -0.3 is 14.3 Å². The fourth-order valence-corrected chi connectivity index (χ4v) is 3.19. The molecule has 0 atom stereocenters. The summed E-state index contributed by atoms with van der Waals surface area (Å²) >= 11 is 1.41. The number of halogens is 3. The molecule has 0 spiro atoms. The quantitative estimate of drug-likeness (QED) is 0.680. The number of hydrogen-bond donors (Lipinski definition) is 1. The predicted octanol–water partition coefficient (Wildman–Crippen LogP) is 5.09. The van der Waals surface area contributed by atoms with Crippen molar-refractivity contribution in [3.8, 4) is 5.75 Å². The topological polar surface area (TPSA) is 75.8 Å². The molecule has 0 aliphatic carbocycles. The fourth-order valence-electron chi connectivity index (χ4n) is 2.30. The summed E-state index contributed by atoms with van der Waals surface area (Å²) in [5.74, 6) is -1.12. The Morgan fingerprint density at radius 2 is 1.96 bits per heavy atom. The van der Waals surface area contributed by atoms with Crippen LogP contribution in [0.5, 0.6) is 5.75 Å². The van der Waals surface area contributed by atoms with Crippen molar-refractivity contribution >= 4 is 23.5 Å². The number of alkyl halides is 3. The molecule has 0 bridgehead atoms. The molecule has 3 rings (SSSR count). The molecule has 0 saturated carbocycles. The Morgan fingerprint density at radius 1 is 1.29 bits per heavy atom. The molecule has 1 aliphatic heterocycles. The Balaban J connectivity index is 0.00000136. The summed E-state index contributed by atoms with van der Waals surface area (Å²) < 4.78 is 47.5. The normalized spacial score (nSPS) is 14.7. The van der Waals surface area contributed by atoms with Gasteiger partial charge in [0.25, 0.3) is 0 Å². The number of carboxylic acids is 1. The fraction of sp³-hybridized carbons (Fsp3) is 0.333. The number of ether oxygens (including phenoxy) is 1. The lowest BCUT2D eigenvalue weighted by molar-refractivity contribution is -0.274. The standard InChI is InChI=1S/C16H13F3N2O4S.C2H6/c17-16(18,19)25-11-1-3-12(4-2-11)26-21-7-5-10(6-8-21)14-20-13(9-24-14)15(22)23;1-2/h1-5,9H,6-8H2,(H,22,23);1-2H3. The lowest BCUT2D eigenvalue weighted by Gasteiger charge is -2.24. The molecule has 0 fully saturated rings. The number of aromatic carboxylic acids is 1. The Hall–Kier alpha value is -2.46. The van der Waals surface area contributed by atoms with E-state index in [1.807, 2.05) is 24.2 Å². The number of carboxylic acid groups (broad SMARTS) is 1. The maximum atomic E-state index is 12.1. The van der Waals surface area contributed by atoms with Gasteiger partial charge in [-0.15, -0.1) is 13.2 Å². The zero-order chi connectivity index (χ0) is 20.7. The first-order valence-corrected chi connectivity index (χ1v) is 9.24. The second-order valence-electron chi connectivity index (χ2n) is 5.32. The van der Waals surface area contributed by atoms with E-state index in [2.05, 4.69) is 9.72 Å². The molecular weight excluding hydrogens is 397 g/mol. The van der Waals surface area contributed by atoms with Crippen molar-refractivity contribution in [2.24, 2.45) is 0 Å². The van der Waals surface area contributed by atoms with E-state index in [1.165, 1.54) is 24.1 Å². The van der Waals surface area contributed by atoms with Crippen LogP contribution in [0.25, 0.3) is 5.57 Å². The smallest absolute Gasteiger partial charge is 0.476 e. The molecule has 1 N–H and O–H groups in total. The van der Waals surface area contributed by atoms with E-state index in [0.717, 1.165) is 16.7 Å². The van der Waals surface area contributed by atoms with Crippen molar-refractivity contribution in [2.45, 2.75) is 31.5 Å². The number of nitrogens with zero attached hydrogens (tertiary/aromatic N) is 2. The van der Waals surface area contributed by atoms with Gasteiger partial charge in [-0.1, -0.05) is 19.9 Å². The predicted molar refractivity (Wildman–Crippen MR) is 98.0 cm³/mol. The van der Waals surface area contributed by atoms with Gasteiger partial charge in [0, 0.05) is 23.6 Å². The van der Waals surface area contributed by atoms with Crippen LogP contribution in [-0.4, -0.2) is 39.8 Å². The molecule has 1 aromatic heterocycles. The monoisotopic (exact) mass is 416 g/mol. The third-order valence-corrected chi connectivity index (χ3v) is 4.53. The van der Waals surface area contributed by atoms with Gasteiger partial charge in [0.2, 0.25) is 5.89 Å². The van der Waals surface area contributed by atoms with Crippen LogP contribution in [0.4, 0.5) is 13.2 Å². The number of aromatic nitrogens is 1. The first kappa shape index (κ1) is 21.8. The zero-order valence-electron chi connectivity index (χ0n) is 15.2. The third-order valence-electron chi connectivity index (χ3n) is 3.46. The molecular formula is C18H19F3N2O4S. The highest BCUT2D eigenvalue weighted by Crippen LogP contribution is 2.31. The average Bonchev–Trinajstić information content (AvgIpc) is 3.15. The number of hydrogen-bond acceptors (Lipinski definition) is 6. The van der Waals surface area contributed by atoms with E-state index in [-0.39, 0.29) is 11.4 Å². The first-order chi connectivity index (χ1) is 13.3. The minimum absolute atomic E-state index is 0.140. The van der Waals surface area contributed by atoms with Crippen LogP contribution in [0.2, 0.25) is 0 Å². The molecule has 1 aliphatic rings. The molecule has 0 amide bonds. The van der Waals surface area contributed by atoms with Gasteiger partial charge in [-0.2, -0.15) is 0 Å². The Kier molecular flexibility index (Phi) is 7.53. The Bertz CT molecular complexity index is 819. The van der Waals surface area contributed by atoms with E-state index in [1.54, 1.807) is 12.1 Å². The summed E-state index contributed by atoms with van der Waals surface area (Å²) in [6.07, 6.45) is -1.11. The van der Waals surface area contributed by atoms with E-state index in [0.29, 0.717) is 25.4 Å². The number of rotatable bonds is 5. The lowest BCUT2D eigenvalue weighted by Crippen LogP contribution is -2.21. The summed E-state index contributed by atoms with van der Waals surface area (Å²) in [7, 11) is 0. The molecule has 2 aromatic rings. The SMILES string of the molecule is CC.O=C(O)c1coc(C2=CCN(Sc3ccc(OC(F)(F)F)cc3)CC2)n1. The number of benzene rings is 1. The van der Waals surface area contributed by atoms with E-state index >= 15 is 0 Å². The third kappa shape index (κ3) is 6.31. The maximum absolute atomic E-state index is 12.1. The van der Waals surface area contributed by atoms with Crippen molar-refractivity contribution < 1.29 is 32.2 Å². The van der Waals surface area contributed by atoms with Gasteiger partial charge in [0.05, 0.1) is 0 Å². The summed E-state index contributed by atoms with van der Waals surface area (Å²) in [5, 5.41) is 8.86. The highest BCUT2D eigenvalue weighted by molar-refractivity contribution is 7.97. The molecule has 0 saturated heterocycles. The maximum Gasteiger partial charge on any atom is 0.573 e. The van der Waals surface area contributed by atoms with Crippen LogP contribution >= 0.6 is 11.9 Å². The molecule has 0 radical (unpaired) electrons. The zero-order valence-corrected chi connectivity index (χ0v) is 16.0. The molecule has 152 valence electrons. The Labute approximate surface area is 164 Å².